The van der Waals surface area contributed by atoms with Crippen molar-refractivity contribution in [1.29, 1.82) is 0 Å². The maximum atomic E-state index is 8.86. The Bertz CT molecular complexity index is 140. The van der Waals surface area contributed by atoms with Crippen molar-refractivity contribution in [2.45, 2.75) is 13.0 Å². The van der Waals surface area contributed by atoms with Gasteiger partial charge in [-0.3, -0.25) is 0 Å². The van der Waals surface area contributed by atoms with Gasteiger partial charge in [0.1, 0.15) is 18.5 Å². The molecule has 0 bridgehead atoms. The molecule has 0 aromatic carbocycles. The Morgan fingerprint density at radius 2 is 2.36 bits per heavy atom. The highest BCUT2D eigenvalue weighted by Gasteiger charge is 2.01. The summed E-state index contributed by atoms with van der Waals surface area (Å²) < 4.78 is 5.03. The number of rotatable bonds is 5. The first-order valence-corrected chi connectivity index (χ1v) is 3.45. The highest BCUT2D eigenvalue weighted by molar-refractivity contribution is 5.06. The summed E-state index contributed by atoms with van der Waals surface area (Å²) in [4.78, 5) is 0. The van der Waals surface area contributed by atoms with Crippen molar-refractivity contribution in [3.8, 4) is 0 Å². The molecule has 0 aliphatic heterocycles. The predicted molar refractivity (Wildman–Crippen MR) is 43.0 cm³/mol. The predicted octanol–water partition coefficient (Wildman–Crippen LogP) is 0.446. The van der Waals surface area contributed by atoms with Crippen LogP contribution in [0.3, 0.4) is 0 Å². The first-order chi connectivity index (χ1) is 5.24. The molecule has 3 nitrogen and oxygen atoms in total. The fraction of sp³-hybridized carbons (Fsp3) is 0.500. The molecular formula is C8H14O3. The second-order valence-electron chi connectivity index (χ2n) is 2.04. The van der Waals surface area contributed by atoms with Gasteiger partial charge in [0, 0.05) is 0 Å². The molecule has 1 atom stereocenters. The van der Waals surface area contributed by atoms with E-state index in [4.69, 9.17) is 14.9 Å². The van der Waals surface area contributed by atoms with Gasteiger partial charge in [-0.1, -0.05) is 6.58 Å². The van der Waals surface area contributed by atoms with Crippen molar-refractivity contribution in [1.82, 2.24) is 0 Å². The SMILES string of the molecule is C=C/C(=C\C)OCC(O)CO. The molecule has 0 aliphatic carbocycles. The summed E-state index contributed by atoms with van der Waals surface area (Å²) in [5.74, 6) is 0.609. The van der Waals surface area contributed by atoms with Crippen molar-refractivity contribution in [2.75, 3.05) is 13.2 Å². The number of aliphatic hydroxyl groups is 2. The Morgan fingerprint density at radius 3 is 2.73 bits per heavy atom. The van der Waals surface area contributed by atoms with Crippen molar-refractivity contribution in [3.63, 3.8) is 0 Å². The van der Waals surface area contributed by atoms with Gasteiger partial charge in [0.2, 0.25) is 0 Å². The molecule has 1 unspecified atom stereocenters. The van der Waals surface area contributed by atoms with E-state index >= 15 is 0 Å². The number of ether oxygens (including phenoxy) is 1. The second-order valence-corrected chi connectivity index (χ2v) is 2.04. The Kier molecular flexibility index (Phi) is 5.51. The fourth-order valence-corrected chi connectivity index (χ4v) is 0.505. The molecule has 2 N–H and O–H groups in total. The van der Waals surface area contributed by atoms with E-state index in [1.54, 1.807) is 12.2 Å². The first-order valence-electron chi connectivity index (χ1n) is 3.45. The molecule has 0 saturated heterocycles. The smallest absolute Gasteiger partial charge is 0.116 e. The highest BCUT2D eigenvalue weighted by Crippen LogP contribution is 1.98. The summed E-state index contributed by atoms with van der Waals surface area (Å²) in [6.07, 6.45) is 2.46. The zero-order valence-electron chi connectivity index (χ0n) is 6.66. The van der Waals surface area contributed by atoms with Crippen molar-refractivity contribution in [3.05, 3.63) is 24.5 Å². The second kappa shape index (κ2) is 5.95. The summed E-state index contributed by atoms with van der Waals surface area (Å²) >= 11 is 0. The number of hydrogen-bond donors (Lipinski definition) is 2. The third-order valence-corrected chi connectivity index (χ3v) is 1.14. The van der Waals surface area contributed by atoms with Crippen LogP contribution in [0, 0.1) is 0 Å². The number of allylic oxidation sites excluding steroid dienone is 2. The van der Waals surface area contributed by atoms with Crippen LogP contribution in [0.1, 0.15) is 6.92 Å². The van der Waals surface area contributed by atoms with Gasteiger partial charge in [0.15, 0.2) is 0 Å². The zero-order chi connectivity index (χ0) is 8.69. The van der Waals surface area contributed by atoms with E-state index in [-0.39, 0.29) is 13.2 Å². The molecule has 0 spiro atoms. The molecular weight excluding hydrogens is 144 g/mol. The molecule has 0 radical (unpaired) electrons. The van der Waals surface area contributed by atoms with Crippen LogP contribution in [0.2, 0.25) is 0 Å². The quantitative estimate of drug-likeness (QED) is 0.451. The average Bonchev–Trinajstić information content (AvgIpc) is 2.06. The summed E-state index contributed by atoms with van der Waals surface area (Å²) in [6.45, 7) is 5.12. The summed E-state index contributed by atoms with van der Waals surface area (Å²) in [7, 11) is 0. The summed E-state index contributed by atoms with van der Waals surface area (Å²) in [6, 6.07) is 0. The molecule has 0 heterocycles. The van der Waals surface area contributed by atoms with Gasteiger partial charge in [-0.05, 0) is 19.1 Å². The highest BCUT2D eigenvalue weighted by atomic mass is 16.5. The van der Waals surface area contributed by atoms with Gasteiger partial charge >= 0.3 is 0 Å². The number of hydrogen-bond acceptors (Lipinski definition) is 3. The van der Waals surface area contributed by atoms with Crippen LogP contribution < -0.4 is 0 Å². The van der Waals surface area contributed by atoms with Crippen LogP contribution in [0.4, 0.5) is 0 Å². The molecule has 3 heteroatoms. The van der Waals surface area contributed by atoms with Crippen molar-refractivity contribution < 1.29 is 14.9 Å². The molecule has 0 amide bonds. The minimum Gasteiger partial charge on any atom is -0.491 e. The maximum Gasteiger partial charge on any atom is 0.116 e. The molecule has 0 aromatic rings. The average molecular weight is 158 g/mol. The molecule has 0 saturated carbocycles. The molecule has 0 fully saturated rings. The van der Waals surface area contributed by atoms with Gasteiger partial charge in [0.25, 0.3) is 0 Å². The van der Waals surface area contributed by atoms with Gasteiger partial charge in [-0.2, -0.15) is 0 Å². The Hall–Kier alpha value is -0.800. The van der Waals surface area contributed by atoms with Crippen LogP contribution in [-0.4, -0.2) is 29.5 Å². The van der Waals surface area contributed by atoms with Gasteiger partial charge < -0.3 is 14.9 Å². The first kappa shape index (κ1) is 10.2. The monoisotopic (exact) mass is 158 g/mol. The zero-order valence-corrected chi connectivity index (χ0v) is 6.66. The fourth-order valence-electron chi connectivity index (χ4n) is 0.505. The van der Waals surface area contributed by atoms with Gasteiger partial charge in [-0.15, -0.1) is 0 Å². The van der Waals surface area contributed by atoms with E-state index in [0.29, 0.717) is 5.76 Å². The molecule has 0 aliphatic rings. The van der Waals surface area contributed by atoms with Crippen LogP contribution in [-0.2, 0) is 4.74 Å². The minimum atomic E-state index is -0.815. The molecule has 0 rings (SSSR count). The van der Waals surface area contributed by atoms with Gasteiger partial charge in [0.05, 0.1) is 6.61 Å². The van der Waals surface area contributed by atoms with E-state index in [9.17, 15) is 0 Å². The standard InChI is InChI=1S/C8H14O3/c1-3-8(4-2)11-6-7(10)5-9/h3-4,7,9-10H,1,5-6H2,2H3/b8-4+. The molecule has 64 valence electrons. The largest absolute Gasteiger partial charge is 0.491 e. The molecule has 11 heavy (non-hydrogen) atoms. The normalized spacial score (nSPS) is 14.3. The lowest BCUT2D eigenvalue weighted by Crippen LogP contribution is -2.18. The lowest BCUT2D eigenvalue weighted by molar-refractivity contribution is 0.0329. The number of aliphatic hydroxyl groups excluding tert-OH is 2. The van der Waals surface area contributed by atoms with Crippen LogP contribution in [0.5, 0.6) is 0 Å². The van der Waals surface area contributed by atoms with Crippen LogP contribution in [0.25, 0.3) is 0 Å². The minimum absolute atomic E-state index is 0.0994. The lowest BCUT2D eigenvalue weighted by atomic mass is 10.4. The molecule has 0 aromatic heterocycles. The topological polar surface area (TPSA) is 49.7 Å². The van der Waals surface area contributed by atoms with Gasteiger partial charge in [-0.25, -0.2) is 0 Å². The Balaban J connectivity index is 3.59. The van der Waals surface area contributed by atoms with E-state index < -0.39 is 6.10 Å². The van der Waals surface area contributed by atoms with E-state index in [1.807, 2.05) is 6.92 Å². The van der Waals surface area contributed by atoms with E-state index in [2.05, 4.69) is 6.58 Å². The van der Waals surface area contributed by atoms with Crippen molar-refractivity contribution in [2.24, 2.45) is 0 Å². The third-order valence-electron chi connectivity index (χ3n) is 1.14. The lowest BCUT2D eigenvalue weighted by Gasteiger charge is -2.09. The third kappa shape index (κ3) is 4.58. The van der Waals surface area contributed by atoms with Crippen LogP contribution in [0.15, 0.2) is 24.5 Å². The Labute approximate surface area is 66.6 Å². The van der Waals surface area contributed by atoms with Crippen LogP contribution >= 0.6 is 0 Å². The van der Waals surface area contributed by atoms with Crippen molar-refractivity contribution >= 4 is 0 Å². The maximum absolute atomic E-state index is 8.86. The Morgan fingerprint density at radius 1 is 1.73 bits per heavy atom. The summed E-state index contributed by atoms with van der Waals surface area (Å²) in [5, 5.41) is 17.3. The summed E-state index contributed by atoms with van der Waals surface area (Å²) in [5.41, 5.74) is 0. The van der Waals surface area contributed by atoms with E-state index in [0.717, 1.165) is 0 Å². The van der Waals surface area contributed by atoms with E-state index in [1.165, 1.54) is 0 Å².